The first kappa shape index (κ1) is 9.23. The molecule has 1 unspecified atom stereocenters. The fraction of sp³-hybridized carbons (Fsp3) is 0.125. The van der Waals surface area contributed by atoms with Crippen molar-refractivity contribution < 1.29 is 9.90 Å². The van der Waals surface area contributed by atoms with Crippen LogP contribution in [0.5, 0.6) is 0 Å². The van der Waals surface area contributed by atoms with Crippen LogP contribution in [0.4, 0.5) is 5.69 Å². The van der Waals surface area contributed by atoms with Gasteiger partial charge < -0.3 is 10.4 Å². The van der Waals surface area contributed by atoms with Crippen molar-refractivity contribution in [1.82, 2.24) is 0 Å². The normalized spacial score (nSPS) is 19.9. The molecule has 0 saturated heterocycles. The average molecular weight is 309 g/mol. The van der Waals surface area contributed by atoms with Crippen LogP contribution in [0.25, 0.3) is 0 Å². The second kappa shape index (κ2) is 3.11. The van der Waals surface area contributed by atoms with Crippen LogP contribution in [0, 0.1) is 3.57 Å². The number of benzene rings is 1. The molecule has 1 aromatic carbocycles. The van der Waals surface area contributed by atoms with Gasteiger partial charge >= 0.3 is 0 Å². The highest BCUT2D eigenvalue weighted by Crippen LogP contribution is 2.35. The molecule has 13 heavy (non-hydrogen) atoms. The first-order valence-corrected chi connectivity index (χ1v) is 5.03. The van der Waals surface area contributed by atoms with Crippen LogP contribution in [-0.4, -0.2) is 11.0 Å². The zero-order valence-electron chi connectivity index (χ0n) is 6.34. The van der Waals surface area contributed by atoms with E-state index in [1.807, 2.05) is 0 Å². The van der Waals surface area contributed by atoms with Gasteiger partial charge in [-0.15, -0.1) is 0 Å². The number of carbonyl (C=O) groups excluding carboxylic acids is 1. The number of aliphatic hydroxyl groups is 1. The molecule has 0 aromatic heterocycles. The molecule has 0 fully saturated rings. The van der Waals surface area contributed by atoms with Gasteiger partial charge in [-0.3, -0.25) is 4.79 Å². The molecular weight excluding hydrogens is 304 g/mol. The van der Waals surface area contributed by atoms with E-state index in [9.17, 15) is 9.90 Å². The van der Waals surface area contributed by atoms with E-state index in [0.29, 0.717) is 16.3 Å². The molecule has 1 aliphatic heterocycles. The molecule has 1 amide bonds. The Morgan fingerprint density at radius 2 is 2.23 bits per heavy atom. The summed E-state index contributed by atoms with van der Waals surface area (Å²) in [6.07, 6.45) is -1.05. The highest BCUT2D eigenvalue weighted by molar-refractivity contribution is 14.1. The fourth-order valence-electron chi connectivity index (χ4n) is 1.24. The van der Waals surface area contributed by atoms with Crippen molar-refractivity contribution in [2.24, 2.45) is 0 Å². The quantitative estimate of drug-likeness (QED) is 0.720. The molecular formula is C8H5ClINO2. The van der Waals surface area contributed by atoms with Crippen LogP contribution in [0.2, 0.25) is 5.02 Å². The maximum atomic E-state index is 11.0. The average Bonchev–Trinajstić information content (AvgIpc) is 2.32. The van der Waals surface area contributed by atoms with Crippen molar-refractivity contribution >= 4 is 45.8 Å². The number of aliphatic hydroxyl groups excluding tert-OH is 1. The van der Waals surface area contributed by atoms with Crippen LogP contribution in [0.15, 0.2) is 12.1 Å². The smallest absolute Gasteiger partial charge is 0.257 e. The zero-order valence-corrected chi connectivity index (χ0v) is 9.26. The summed E-state index contributed by atoms with van der Waals surface area (Å²) >= 11 is 7.90. The molecule has 0 spiro atoms. The lowest BCUT2D eigenvalue weighted by Crippen LogP contribution is -2.10. The number of fused-ring (bicyclic) bond motifs is 1. The van der Waals surface area contributed by atoms with Crippen LogP contribution in [0.1, 0.15) is 11.7 Å². The van der Waals surface area contributed by atoms with Gasteiger partial charge in [-0.2, -0.15) is 0 Å². The fourth-order valence-corrected chi connectivity index (χ4v) is 1.89. The number of anilines is 1. The highest BCUT2D eigenvalue weighted by Gasteiger charge is 2.29. The Morgan fingerprint density at radius 1 is 1.54 bits per heavy atom. The number of halogens is 2. The molecule has 68 valence electrons. The third kappa shape index (κ3) is 1.43. The van der Waals surface area contributed by atoms with E-state index in [2.05, 4.69) is 27.9 Å². The monoisotopic (exact) mass is 309 g/mol. The second-order valence-corrected chi connectivity index (χ2v) is 4.31. The second-order valence-electron chi connectivity index (χ2n) is 2.75. The maximum Gasteiger partial charge on any atom is 0.257 e. The molecule has 1 aromatic rings. The Hall–Kier alpha value is -0.330. The van der Waals surface area contributed by atoms with Gasteiger partial charge in [0, 0.05) is 14.8 Å². The van der Waals surface area contributed by atoms with E-state index in [1.165, 1.54) is 0 Å². The Balaban J connectivity index is 2.59. The van der Waals surface area contributed by atoms with Crippen molar-refractivity contribution in [1.29, 1.82) is 0 Å². The van der Waals surface area contributed by atoms with E-state index >= 15 is 0 Å². The minimum Gasteiger partial charge on any atom is -0.378 e. The van der Waals surface area contributed by atoms with Crippen molar-refractivity contribution in [3.63, 3.8) is 0 Å². The number of amides is 1. The third-order valence-corrected chi connectivity index (χ3v) is 3.42. The predicted octanol–water partition coefficient (Wildman–Crippen LogP) is 1.93. The zero-order chi connectivity index (χ0) is 9.59. The van der Waals surface area contributed by atoms with Crippen LogP contribution >= 0.6 is 34.2 Å². The summed E-state index contributed by atoms with van der Waals surface area (Å²) in [5, 5.41) is 12.5. The third-order valence-electron chi connectivity index (χ3n) is 1.89. The summed E-state index contributed by atoms with van der Waals surface area (Å²) in [4.78, 5) is 11.0. The molecule has 0 aliphatic carbocycles. The minimum atomic E-state index is -1.05. The summed E-state index contributed by atoms with van der Waals surface area (Å²) in [6.45, 7) is 0. The van der Waals surface area contributed by atoms with Crippen molar-refractivity contribution in [2.75, 3.05) is 5.32 Å². The summed E-state index contributed by atoms with van der Waals surface area (Å²) in [5.74, 6) is -0.395. The van der Waals surface area contributed by atoms with Crippen LogP contribution in [0.3, 0.4) is 0 Å². The summed E-state index contributed by atoms with van der Waals surface area (Å²) in [5.41, 5.74) is 1.20. The van der Waals surface area contributed by atoms with E-state index < -0.39 is 12.0 Å². The molecule has 0 radical (unpaired) electrons. The minimum absolute atomic E-state index is 0.395. The molecule has 1 aliphatic rings. The molecule has 1 heterocycles. The summed E-state index contributed by atoms with van der Waals surface area (Å²) in [6, 6.07) is 3.35. The van der Waals surface area contributed by atoms with E-state index in [1.54, 1.807) is 12.1 Å². The van der Waals surface area contributed by atoms with Gasteiger partial charge in [0.1, 0.15) is 0 Å². The lowest BCUT2D eigenvalue weighted by atomic mass is 10.1. The summed E-state index contributed by atoms with van der Waals surface area (Å²) < 4.78 is 0.827. The molecule has 0 bridgehead atoms. The van der Waals surface area contributed by atoms with Gasteiger partial charge in [0.2, 0.25) is 0 Å². The predicted molar refractivity (Wildman–Crippen MR) is 57.8 cm³/mol. The number of carbonyl (C=O) groups is 1. The first-order chi connectivity index (χ1) is 6.09. The summed E-state index contributed by atoms with van der Waals surface area (Å²) in [7, 11) is 0. The van der Waals surface area contributed by atoms with Crippen LogP contribution in [-0.2, 0) is 4.79 Å². The van der Waals surface area contributed by atoms with Gasteiger partial charge in [-0.05, 0) is 34.7 Å². The van der Waals surface area contributed by atoms with Gasteiger partial charge in [-0.1, -0.05) is 11.6 Å². The topological polar surface area (TPSA) is 49.3 Å². The standard InChI is InChI=1S/C8H5ClINO2/c9-4-2-6-3(1-5(4)10)7(12)8(13)11-6/h1-2,7,12H,(H,11,13). The maximum absolute atomic E-state index is 11.0. The lowest BCUT2D eigenvalue weighted by molar-refractivity contribution is -0.123. The molecule has 2 N–H and O–H groups in total. The highest BCUT2D eigenvalue weighted by atomic mass is 127. The van der Waals surface area contributed by atoms with Gasteiger partial charge in [-0.25, -0.2) is 0 Å². The Bertz CT molecular complexity index is 394. The molecule has 1 atom stereocenters. The number of hydrogen-bond acceptors (Lipinski definition) is 2. The molecule has 3 nitrogen and oxygen atoms in total. The van der Waals surface area contributed by atoms with Gasteiger partial charge in [0.05, 0.1) is 5.02 Å². The van der Waals surface area contributed by atoms with Gasteiger partial charge in [0.25, 0.3) is 5.91 Å². The molecule has 2 rings (SSSR count). The van der Waals surface area contributed by atoms with Crippen molar-refractivity contribution in [3.05, 3.63) is 26.3 Å². The van der Waals surface area contributed by atoms with Gasteiger partial charge in [0.15, 0.2) is 6.10 Å². The van der Waals surface area contributed by atoms with Crippen LogP contribution < -0.4 is 5.32 Å². The molecule has 0 saturated carbocycles. The van der Waals surface area contributed by atoms with Crippen molar-refractivity contribution in [3.8, 4) is 0 Å². The lowest BCUT2D eigenvalue weighted by Gasteiger charge is -2.02. The largest absolute Gasteiger partial charge is 0.378 e. The number of nitrogens with one attached hydrogen (secondary N) is 1. The SMILES string of the molecule is O=C1Nc2cc(Cl)c(I)cc2C1O. The number of rotatable bonds is 0. The Kier molecular flexibility index (Phi) is 2.21. The van der Waals surface area contributed by atoms with Crippen molar-refractivity contribution in [2.45, 2.75) is 6.10 Å². The Labute approximate surface area is 93.2 Å². The van der Waals surface area contributed by atoms with E-state index in [0.717, 1.165) is 3.57 Å². The first-order valence-electron chi connectivity index (χ1n) is 3.57. The molecule has 5 heteroatoms. The Morgan fingerprint density at radius 3 is 2.92 bits per heavy atom. The number of hydrogen-bond donors (Lipinski definition) is 2. The van der Waals surface area contributed by atoms with E-state index in [4.69, 9.17) is 11.6 Å². The van der Waals surface area contributed by atoms with E-state index in [-0.39, 0.29) is 0 Å².